The molecule has 4 heteroatoms. The molecule has 0 aliphatic heterocycles. The van der Waals surface area contributed by atoms with Gasteiger partial charge in [0.2, 0.25) is 0 Å². The number of fused-ring (bicyclic) bond motifs is 1. The largest absolute Gasteiger partial charge is 0.387 e. The van der Waals surface area contributed by atoms with Crippen LogP contribution in [-0.4, -0.2) is 16.6 Å². The molecule has 3 nitrogen and oxygen atoms in total. The SMILES string of the molecule is OC(CNCc1cccc2cnccc12)c1ccsc1. The number of pyridine rings is 1. The quantitative estimate of drug-likeness (QED) is 0.756. The summed E-state index contributed by atoms with van der Waals surface area (Å²) in [6, 6.07) is 10.2. The van der Waals surface area contributed by atoms with Crippen molar-refractivity contribution in [3.8, 4) is 0 Å². The van der Waals surface area contributed by atoms with Crippen molar-refractivity contribution in [2.24, 2.45) is 0 Å². The van der Waals surface area contributed by atoms with Crippen LogP contribution in [0.25, 0.3) is 10.8 Å². The van der Waals surface area contributed by atoms with E-state index in [1.807, 2.05) is 41.4 Å². The number of hydrogen-bond donors (Lipinski definition) is 2. The van der Waals surface area contributed by atoms with E-state index in [2.05, 4.69) is 22.4 Å². The van der Waals surface area contributed by atoms with Gasteiger partial charge in [-0.15, -0.1) is 0 Å². The number of benzene rings is 1. The Morgan fingerprint density at radius 2 is 2.20 bits per heavy atom. The van der Waals surface area contributed by atoms with Crippen LogP contribution in [0.5, 0.6) is 0 Å². The monoisotopic (exact) mass is 284 g/mol. The number of rotatable bonds is 5. The van der Waals surface area contributed by atoms with E-state index in [9.17, 15) is 5.11 Å². The van der Waals surface area contributed by atoms with E-state index in [1.165, 1.54) is 10.9 Å². The van der Waals surface area contributed by atoms with Gasteiger partial charge in [0.1, 0.15) is 0 Å². The topological polar surface area (TPSA) is 45.1 Å². The van der Waals surface area contributed by atoms with Crippen LogP contribution in [-0.2, 0) is 6.54 Å². The normalized spacial score (nSPS) is 12.7. The summed E-state index contributed by atoms with van der Waals surface area (Å²) in [7, 11) is 0. The fourth-order valence-electron chi connectivity index (χ4n) is 2.27. The molecule has 3 aromatic rings. The van der Waals surface area contributed by atoms with Gasteiger partial charge in [-0.3, -0.25) is 4.98 Å². The first kappa shape index (κ1) is 13.2. The molecule has 0 bridgehead atoms. The third-order valence-electron chi connectivity index (χ3n) is 3.35. The van der Waals surface area contributed by atoms with Gasteiger partial charge in [0.25, 0.3) is 0 Å². The van der Waals surface area contributed by atoms with Crippen molar-refractivity contribution >= 4 is 22.1 Å². The van der Waals surface area contributed by atoms with Crippen molar-refractivity contribution in [2.45, 2.75) is 12.6 Å². The first-order valence-corrected chi connectivity index (χ1v) is 7.51. The van der Waals surface area contributed by atoms with E-state index in [0.717, 1.165) is 17.5 Å². The maximum atomic E-state index is 10.0. The Hall–Kier alpha value is -1.75. The molecule has 0 saturated heterocycles. The molecule has 20 heavy (non-hydrogen) atoms. The van der Waals surface area contributed by atoms with Crippen LogP contribution >= 0.6 is 11.3 Å². The number of hydrogen-bond acceptors (Lipinski definition) is 4. The molecular formula is C16H16N2OS. The standard InChI is InChI=1S/C16H16N2OS/c19-16(14-5-7-20-11-14)10-18-9-13-3-1-2-12-8-17-6-4-15(12)13/h1-8,11,16,18-19H,9-10H2. The number of nitrogens with one attached hydrogen (secondary N) is 1. The maximum Gasteiger partial charge on any atom is 0.0922 e. The first-order valence-electron chi connectivity index (χ1n) is 6.57. The molecule has 2 N–H and O–H groups in total. The molecule has 2 aromatic heterocycles. The summed E-state index contributed by atoms with van der Waals surface area (Å²) < 4.78 is 0. The van der Waals surface area contributed by atoms with E-state index in [0.29, 0.717) is 6.54 Å². The van der Waals surface area contributed by atoms with Crippen LogP contribution in [0.2, 0.25) is 0 Å². The van der Waals surface area contributed by atoms with E-state index < -0.39 is 6.10 Å². The Kier molecular flexibility index (Phi) is 4.06. The molecule has 0 aliphatic carbocycles. The lowest BCUT2D eigenvalue weighted by atomic mass is 10.1. The maximum absolute atomic E-state index is 10.0. The lowest BCUT2D eigenvalue weighted by molar-refractivity contribution is 0.175. The number of nitrogens with zero attached hydrogens (tertiary/aromatic N) is 1. The van der Waals surface area contributed by atoms with Gasteiger partial charge in [-0.1, -0.05) is 18.2 Å². The second kappa shape index (κ2) is 6.13. The predicted molar refractivity (Wildman–Crippen MR) is 82.7 cm³/mol. The van der Waals surface area contributed by atoms with Gasteiger partial charge in [-0.05, 0) is 39.4 Å². The smallest absolute Gasteiger partial charge is 0.0922 e. The molecule has 0 spiro atoms. The average molecular weight is 284 g/mol. The summed E-state index contributed by atoms with van der Waals surface area (Å²) in [6.07, 6.45) is 3.24. The summed E-state index contributed by atoms with van der Waals surface area (Å²) in [5.74, 6) is 0. The van der Waals surface area contributed by atoms with Crippen molar-refractivity contribution < 1.29 is 5.11 Å². The van der Waals surface area contributed by atoms with Crippen LogP contribution in [0.3, 0.4) is 0 Å². The highest BCUT2D eigenvalue weighted by Crippen LogP contribution is 2.18. The van der Waals surface area contributed by atoms with Gasteiger partial charge < -0.3 is 10.4 Å². The highest BCUT2D eigenvalue weighted by Gasteiger charge is 2.07. The van der Waals surface area contributed by atoms with Crippen LogP contribution < -0.4 is 5.32 Å². The van der Waals surface area contributed by atoms with Crippen molar-refractivity contribution in [3.63, 3.8) is 0 Å². The van der Waals surface area contributed by atoms with Gasteiger partial charge in [0.05, 0.1) is 6.10 Å². The zero-order chi connectivity index (χ0) is 13.8. The van der Waals surface area contributed by atoms with Crippen molar-refractivity contribution in [2.75, 3.05) is 6.54 Å². The summed E-state index contributed by atoms with van der Waals surface area (Å²) in [4.78, 5) is 4.14. The molecule has 0 saturated carbocycles. The number of aromatic nitrogens is 1. The molecule has 0 fully saturated rings. The number of thiophene rings is 1. The Morgan fingerprint density at radius 3 is 3.05 bits per heavy atom. The molecule has 1 aromatic carbocycles. The average Bonchev–Trinajstić information content (AvgIpc) is 3.02. The van der Waals surface area contributed by atoms with Gasteiger partial charge in [0.15, 0.2) is 0 Å². The molecule has 0 amide bonds. The number of aliphatic hydroxyl groups is 1. The Morgan fingerprint density at radius 1 is 1.25 bits per heavy atom. The molecule has 102 valence electrons. The highest BCUT2D eigenvalue weighted by atomic mass is 32.1. The van der Waals surface area contributed by atoms with E-state index >= 15 is 0 Å². The third kappa shape index (κ3) is 2.88. The molecule has 1 unspecified atom stereocenters. The van der Waals surface area contributed by atoms with E-state index in [1.54, 1.807) is 11.3 Å². The Balaban J connectivity index is 1.66. The van der Waals surface area contributed by atoms with Crippen LogP contribution in [0.4, 0.5) is 0 Å². The molecule has 2 heterocycles. The fraction of sp³-hybridized carbons (Fsp3) is 0.188. The number of aliphatic hydroxyl groups excluding tert-OH is 1. The summed E-state index contributed by atoms with van der Waals surface area (Å²) in [5, 5.41) is 19.7. The zero-order valence-corrected chi connectivity index (χ0v) is 11.8. The van der Waals surface area contributed by atoms with Crippen molar-refractivity contribution in [1.82, 2.24) is 10.3 Å². The summed E-state index contributed by atoms with van der Waals surface area (Å²) >= 11 is 1.60. The van der Waals surface area contributed by atoms with Crippen LogP contribution in [0, 0.1) is 0 Å². The zero-order valence-electron chi connectivity index (χ0n) is 11.0. The van der Waals surface area contributed by atoms with E-state index in [4.69, 9.17) is 0 Å². The molecular weight excluding hydrogens is 268 g/mol. The summed E-state index contributed by atoms with van der Waals surface area (Å²) in [6.45, 7) is 1.29. The second-order valence-electron chi connectivity index (χ2n) is 4.72. The Bertz CT molecular complexity index is 677. The molecule has 0 aliphatic rings. The van der Waals surface area contributed by atoms with Gasteiger partial charge in [-0.25, -0.2) is 0 Å². The highest BCUT2D eigenvalue weighted by molar-refractivity contribution is 7.07. The molecule has 1 atom stereocenters. The summed E-state index contributed by atoms with van der Waals surface area (Å²) in [5.41, 5.74) is 2.20. The van der Waals surface area contributed by atoms with Crippen LogP contribution in [0.1, 0.15) is 17.2 Å². The van der Waals surface area contributed by atoms with E-state index in [-0.39, 0.29) is 0 Å². The molecule has 3 rings (SSSR count). The van der Waals surface area contributed by atoms with Crippen LogP contribution in [0.15, 0.2) is 53.5 Å². The van der Waals surface area contributed by atoms with Gasteiger partial charge >= 0.3 is 0 Å². The lowest BCUT2D eigenvalue weighted by Gasteiger charge is -2.11. The predicted octanol–water partition coefficient (Wildman–Crippen LogP) is 3.12. The van der Waals surface area contributed by atoms with Gasteiger partial charge in [0, 0.05) is 30.9 Å². The third-order valence-corrected chi connectivity index (χ3v) is 4.05. The Labute approximate surface area is 121 Å². The minimum atomic E-state index is -0.446. The minimum Gasteiger partial charge on any atom is -0.387 e. The minimum absolute atomic E-state index is 0.446. The lowest BCUT2D eigenvalue weighted by Crippen LogP contribution is -2.20. The molecule has 0 radical (unpaired) electrons. The van der Waals surface area contributed by atoms with Crippen molar-refractivity contribution in [1.29, 1.82) is 0 Å². The fourth-order valence-corrected chi connectivity index (χ4v) is 2.98. The van der Waals surface area contributed by atoms with Crippen molar-refractivity contribution in [3.05, 3.63) is 64.6 Å². The first-order chi connectivity index (χ1) is 9.84. The second-order valence-corrected chi connectivity index (χ2v) is 5.50. The van der Waals surface area contributed by atoms with Gasteiger partial charge in [-0.2, -0.15) is 11.3 Å².